The van der Waals surface area contributed by atoms with Crippen molar-refractivity contribution in [2.24, 2.45) is 0 Å². The molecule has 0 aliphatic carbocycles. The number of hydrogen-bond donors (Lipinski definition) is 0. The Balaban J connectivity index is 1.61. The summed E-state index contributed by atoms with van der Waals surface area (Å²) in [6.45, 7) is 6.50. The topological polar surface area (TPSA) is 32.3 Å². The second-order valence-corrected chi connectivity index (χ2v) is 5.43. The van der Waals surface area contributed by atoms with E-state index in [1.165, 1.54) is 17.3 Å². The van der Waals surface area contributed by atoms with E-state index < -0.39 is 0 Å². The molecule has 19 heavy (non-hydrogen) atoms. The van der Waals surface area contributed by atoms with Crippen LogP contribution in [0.3, 0.4) is 0 Å². The summed E-state index contributed by atoms with van der Waals surface area (Å²) >= 11 is 1.28. The molecule has 3 rings (SSSR count). The fourth-order valence-electron chi connectivity index (χ4n) is 2.58. The molecular weight excluding hydrogens is 256 g/mol. The van der Waals surface area contributed by atoms with Gasteiger partial charge in [0.25, 0.3) is 0 Å². The lowest BCUT2D eigenvalue weighted by Crippen LogP contribution is -2.47. The molecule has 100 valence electrons. The molecule has 5 heteroatoms. The zero-order valence-corrected chi connectivity index (χ0v) is 11.9. The van der Waals surface area contributed by atoms with Gasteiger partial charge in [0.1, 0.15) is 0 Å². The van der Waals surface area contributed by atoms with Crippen LogP contribution in [-0.4, -0.2) is 39.8 Å². The predicted octanol–water partition coefficient (Wildman–Crippen LogP) is 2.42. The number of anilines is 1. The molecular formula is C14H18N4S. The number of rotatable bonds is 3. The van der Waals surface area contributed by atoms with Crippen LogP contribution < -0.4 is 4.90 Å². The molecule has 1 aliphatic heterocycles. The molecule has 0 spiro atoms. The summed E-state index contributed by atoms with van der Waals surface area (Å²) in [5.74, 6) is 1.03. The third-order valence-corrected chi connectivity index (χ3v) is 4.29. The van der Waals surface area contributed by atoms with Crippen molar-refractivity contribution >= 4 is 17.5 Å². The zero-order valence-electron chi connectivity index (χ0n) is 11.1. The van der Waals surface area contributed by atoms with E-state index in [0.717, 1.165) is 32.0 Å². The van der Waals surface area contributed by atoms with Crippen molar-refractivity contribution in [2.75, 3.05) is 31.1 Å². The predicted molar refractivity (Wildman–Crippen MR) is 78.6 cm³/mol. The van der Waals surface area contributed by atoms with E-state index in [1.54, 1.807) is 0 Å². The molecule has 1 unspecified atom stereocenters. The van der Waals surface area contributed by atoms with Gasteiger partial charge in [0, 0.05) is 32.2 Å². The monoisotopic (exact) mass is 274 g/mol. The second-order valence-electron chi connectivity index (χ2n) is 4.88. The molecule has 0 N–H and O–H groups in total. The fourth-order valence-corrected chi connectivity index (χ4v) is 3.01. The van der Waals surface area contributed by atoms with Gasteiger partial charge < -0.3 is 4.90 Å². The van der Waals surface area contributed by atoms with Crippen molar-refractivity contribution in [2.45, 2.75) is 13.0 Å². The van der Waals surface area contributed by atoms with Crippen LogP contribution in [0.2, 0.25) is 0 Å². The maximum atomic E-state index is 4.31. The minimum Gasteiger partial charge on any atom is -0.352 e. The molecule has 0 saturated carbocycles. The Morgan fingerprint density at radius 3 is 2.47 bits per heavy atom. The molecule has 1 aliphatic rings. The van der Waals surface area contributed by atoms with Crippen LogP contribution in [0.1, 0.15) is 18.5 Å². The van der Waals surface area contributed by atoms with Crippen molar-refractivity contribution in [3.63, 3.8) is 0 Å². The van der Waals surface area contributed by atoms with Crippen LogP contribution in [0, 0.1) is 0 Å². The van der Waals surface area contributed by atoms with E-state index >= 15 is 0 Å². The number of benzene rings is 1. The van der Waals surface area contributed by atoms with Gasteiger partial charge >= 0.3 is 0 Å². The van der Waals surface area contributed by atoms with E-state index in [1.807, 2.05) is 6.20 Å². The average molecular weight is 274 g/mol. The maximum absolute atomic E-state index is 4.31. The van der Waals surface area contributed by atoms with Crippen LogP contribution >= 0.6 is 11.7 Å². The van der Waals surface area contributed by atoms with Crippen molar-refractivity contribution in [3.05, 3.63) is 42.1 Å². The number of aromatic nitrogens is 2. The molecule has 4 nitrogen and oxygen atoms in total. The van der Waals surface area contributed by atoms with Crippen LogP contribution in [0.5, 0.6) is 0 Å². The van der Waals surface area contributed by atoms with Gasteiger partial charge in [0.05, 0.1) is 17.9 Å². The summed E-state index contributed by atoms with van der Waals surface area (Å²) in [4.78, 5) is 4.85. The number of nitrogens with zero attached hydrogens (tertiary/aromatic N) is 4. The highest BCUT2D eigenvalue weighted by Crippen LogP contribution is 2.22. The smallest absolute Gasteiger partial charge is 0.162 e. The first-order valence-electron chi connectivity index (χ1n) is 6.66. The van der Waals surface area contributed by atoms with Crippen molar-refractivity contribution in [1.29, 1.82) is 0 Å². The summed E-state index contributed by atoms with van der Waals surface area (Å²) in [5, 5.41) is 0. The van der Waals surface area contributed by atoms with Crippen molar-refractivity contribution < 1.29 is 0 Å². The van der Waals surface area contributed by atoms with E-state index in [-0.39, 0.29) is 0 Å². The summed E-state index contributed by atoms with van der Waals surface area (Å²) in [7, 11) is 0. The fraction of sp³-hybridized carbons (Fsp3) is 0.429. The maximum Gasteiger partial charge on any atom is 0.162 e. The van der Waals surface area contributed by atoms with Gasteiger partial charge in [0.2, 0.25) is 0 Å². The van der Waals surface area contributed by atoms with E-state index in [0.29, 0.717) is 6.04 Å². The molecule has 1 atom stereocenters. The normalized spacial score (nSPS) is 18.5. The summed E-state index contributed by atoms with van der Waals surface area (Å²) < 4.78 is 8.38. The molecule has 0 amide bonds. The first-order chi connectivity index (χ1) is 9.34. The van der Waals surface area contributed by atoms with Crippen LogP contribution in [0.15, 0.2) is 36.5 Å². The summed E-state index contributed by atoms with van der Waals surface area (Å²) in [5.41, 5.74) is 1.39. The lowest BCUT2D eigenvalue weighted by molar-refractivity contribution is 0.198. The minimum absolute atomic E-state index is 0.483. The molecule has 1 fully saturated rings. The van der Waals surface area contributed by atoms with Gasteiger partial charge in [-0.25, -0.2) is 0 Å². The van der Waals surface area contributed by atoms with Gasteiger partial charge in [-0.1, -0.05) is 30.3 Å². The van der Waals surface area contributed by atoms with E-state index in [4.69, 9.17) is 0 Å². The van der Waals surface area contributed by atoms with Crippen molar-refractivity contribution in [3.8, 4) is 0 Å². The highest BCUT2D eigenvalue weighted by molar-refractivity contribution is 6.99. The van der Waals surface area contributed by atoms with Gasteiger partial charge in [0.15, 0.2) is 5.82 Å². The lowest BCUT2D eigenvalue weighted by Gasteiger charge is -2.38. The van der Waals surface area contributed by atoms with Gasteiger partial charge in [-0.3, -0.25) is 4.90 Å². The van der Waals surface area contributed by atoms with Crippen LogP contribution in [0.4, 0.5) is 5.82 Å². The van der Waals surface area contributed by atoms with Crippen LogP contribution in [-0.2, 0) is 0 Å². The minimum atomic E-state index is 0.483. The molecule has 1 saturated heterocycles. The highest BCUT2D eigenvalue weighted by Gasteiger charge is 2.22. The molecule has 1 aromatic carbocycles. The Hall–Kier alpha value is -1.46. The van der Waals surface area contributed by atoms with Gasteiger partial charge in [-0.15, -0.1) is 0 Å². The zero-order chi connectivity index (χ0) is 13.1. The third kappa shape index (κ3) is 2.77. The second kappa shape index (κ2) is 5.67. The molecule has 1 aromatic heterocycles. The quantitative estimate of drug-likeness (QED) is 0.860. The Bertz CT molecular complexity index is 491. The molecule has 2 aromatic rings. The Morgan fingerprint density at radius 2 is 1.84 bits per heavy atom. The molecule has 0 bridgehead atoms. The van der Waals surface area contributed by atoms with Gasteiger partial charge in [-0.05, 0) is 12.5 Å². The molecule has 0 radical (unpaired) electrons. The largest absolute Gasteiger partial charge is 0.352 e. The van der Waals surface area contributed by atoms with E-state index in [9.17, 15) is 0 Å². The number of piperazine rings is 1. The first kappa shape index (κ1) is 12.6. The third-order valence-electron chi connectivity index (χ3n) is 3.82. The highest BCUT2D eigenvalue weighted by atomic mass is 32.1. The SMILES string of the molecule is CC(c1ccccc1)N1CCN(c2cnsn2)CC1. The summed E-state index contributed by atoms with van der Waals surface area (Å²) in [6, 6.07) is 11.2. The average Bonchev–Trinajstić information content (AvgIpc) is 3.02. The standard InChI is InChI=1S/C14H18N4S/c1-12(13-5-3-2-4-6-13)17-7-9-18(10-8-17)14-11-15-19-16-14/h2-6,11-12H,7-10H2,1H3. The van der Waals surface area contributed by atoms with Crippen molar-refractivity contribution in [1.82, 2.24) is 13.6 Å². The Kier molecular flexibility index (Phi) is 3.75. The molecule has 2 heterocycles. The first-order valence-corrected chi connectivity index (χ1v) is 7.39. The van der Waals surface area contributed by atoms with Crippen LogP contribution in [0.25, 0.3) is 0 Å². The Morgan fingerprint density at radius 1 is 1.11 bits per heavy atom. The summed E-state index contributed by atoms with van der Waals surface area (Å²) in [6.07, 6.45) is 1.86. The lowest BCUT2D eigenvalue weighted by atomic mass is 10.1. The number of hydrogen-bond acceptors (Lipinski definition) is 5. The van der Waals surface area contributed by atoms with E-state index in [2.05, 4.69) is 55.8 Å². The van der Waals surface area contributed by atoms with Gasteiger partial charge in [-0.2, -0.15) is 8.75 Å². The Labute approximate surface area is 118 Å².